The zero-order valence-electron chi connectivity index (χ0n) is 17.2. The molecule has 0 radical (unpaired) electrons. The van der Waals surface area contributed by atoms with Crippen LogP contribution in [-0.4, -0.2) is 34.2 Å². The summed E-state index contributed by atoms with van der Waals surface area (Å²) >= 11 is 0. The number of nitrogens with one attached hydrogen (secondary N) is 1. The number of rotatable bonds is 5. The maximum atomic E-state index is 14.0. The molecule has 2 aliphatic rings. The smallest absolute Gasteiger partial charge is 0.168 e. The minimum atomic E-state index is -1.26. The van der Waals surface area contributed by atoms with Gasteiger partial charge in [-0.1, -0.05) is 18.2 Å². The lowest BCUT2D eigenvalue weighted by atomic mass is 10.0. The average Bonchev–Trinajstić information content (AvgIpc) is 3.31. The minimum absolute atomic E-state index is 0.0681. The number of likely N-dealkylation sites (tertiary alicyclic amines) is 1. The van der Waals surface area contributed by atoms with E-state index in [2.05, 4.69) is 20.4 Å². The monoisotopic (exact) mass is 442 g/mol. The zero-order valence-corrected chi connectivity index (χ0v) is 17.2. The maximum absolute atomic E-state index is 14.0. The molecule has 0 amide bonds. The molecule has 166 valence electrons. The molecule has 2 aromatic carbocycles. The molecule has 1 aliphatic carbocycles. The van der Waals surface area contributed by atoms with Gasteiger partial charge in [-0.2, -0.15) is 0 Å². The molecule has 2 fully saturated rings. The topological polar surface area (TPSA) is 41.0 Å². The number of anilines is 1. The number of aromatic nitrogens is 2. The van der Waals surface area contributed by atoms with Crippen molar-refractivity contribution < 1.29 is 17.6 Å². The Balaban J connectivity index is 1.18. The molecule has 5 rings (SSSR count). The number of hydrogen-bond donors (Lipinski definition) is 1. The first-order valence-corrected chi connectivity index (χ1v) is 10.7. The average molecular weight is 442 g/mol. The van der Waals surface area contributed by atoms with Crippen molar-refractivity contribution in [3.8, 4) is 11.3 Å². The van der Waals surface area contributed by atoms with Gasteiger partial charge < -0.3 is 5.32 Å². The van der Waals surface area contributed by atoms with Crippen LogP contribution in [0, 0.1) is 35.1 Å². The van der Waals surface area contributed by atoms with E-state index in [0.717, 1.165) is 37.6 Å². The van der Waals surface area contributed by atoms with Crippen LogP contribution in [0.3, 0.4) is 0 Å². The third kappa shape index (κ3) is 4.19. The van der Waals surface area contributed by atoms with Crippen LogP contribution in [-0.2, 0) is 6.54 Å². The highest BCUT2D eigenvalue weighted by Crippen LogP contribution is 2.39. The molecule has 1 saturated carbocycles. The summed E-state index contributed by atoms with van der Waals surface area (Å²) in [6.07, 6.45) is 1.96. The second-order valence-corrected chi connectivity index (χ2v) is 8.67. The van der Waals surface area contributed by atoms with E-state index in [1.54, 1.807) is 12.1 Å². The second kappa shape index (κ2) is 8.50. The summed E-state index contributed by atoms with van der Waals surface area (Å²) in [7, 11) is 0. The lowest BCUT2D eigenvalue weighted by Crippen LogP contribution is -2.25. The van der Waals surface area contributed by atoms with Gasteiger partial charge in [-0.25, -0.2) is 17.6 Å². The Morgan fingerprint density at radius 1 is 0.875 bits per heavy atom. The second-order valence-electron chi connectivity index (χ2n) is 8.67. The molecule has 1 N–H and O–H groups in total. The predicted molar refractivity (Wildman–Crippen MR) is 113 cm³/mol. The number of halogens is 4. The van der Waals surface area contributed by atoms with E-state index < -0.39 is 17.5 Å². The Morgan fingerprint density at radius 3 is 2.31 bits per heavy atom. The van der Waals surface area contributed by atoms with E-state index >= 15 is 0 Å². The first-order chi connectivity index (χ1) is 15.5. The fourth-order valence-corrected chi connectivity index (χ4v) is 5.02. The summed E-state index contributed by atoms with van der Waals surface area (Å²) in [5.41, 5.74) is 0.539. The minimum Gasteiger partial charge on any atom is -0.366 e. The van der Waals surface area contributed by atoms with Gasteiger partial charge in [0, 0.05) is 42.9 Å². The zero-order chi connectivity index (χ0) is 22.2. The van der Waals surface area contributed by atoms with Gasteiger partial charge in [0.15, 0.2) is 11.6 Å². The summed E-state index contributed by atoms with van der Waals surface area (Å²) in [6, 6.07) is 11.7. The Hall–Kier alpha value is -3.00. The fraction of sp³-hybridized carbons (Fsp3) is 0.333. The molecule has 1 saturated heterocycles. The largest absolute Gasteiger partial charge is 0.366 e. The van der Waals surface area contributed by atoms with Gasteiger partial charge in [0.05, 0.1) is 5.69 Å². The highest BCUT2D eigenvalue weighted by Gasteiger charge is 2.40. The van der Waals surface area contributed by atoms with E-state index in [1.807, 2.05) is 12.1 Å². The molecule has 1 aromatic heterocycles. The van der Waals surface area contributed by atoms with Crippen molar-refractivity contribution in [1.82, 2.24) is 15.1 Å². The molecule has 0 unspecified atom stereocenters. The van der Waals surface area contributed by atoms with Crippen molar-refractivity contribution in [2.45, 2.75) is 25.4 Å². The lowest BCUT2D eigenvalue weighted by Gasteiger charge is -2.20. The summed E-state index contributed by atoms with van der Waals surface area (Å²) in [5.74, 6) is -1.82. The first-order valence-electron chi connectivity index (χ1n) is 10.7. The van der Waals surface area contributed by atoms with Crippen molar-refractivity contribution in [1.29, 1.82) is 0 Å². The Morgan fingerprint density at radius 2 is 1.62 bits per heavy atom. The molecule has 3 aromatic rings. The first kappa shape index (κ1) is 20.9. The number of hydrogen-bond acceptors (Lipinski definition) is 4. The molecule has 2 heterocycles. The van der Waals surface area contributed by atoms with Gasteiger partial charge in [-0.15, -0.1) is 10.2 Å². The highest BCUT2D eigenvalue weighted by molar-refractivity contribution is 5.60. The van der Waals surface area contributed by atoms with Gasteiger partial charge in [0.1, 0.15) is 17.5 Å². The van der Waals surface area contributed by atoms with E-state index in [-0.39, 0.29) is 23.1 Å². The van der Waals surface area contributed by atoms with Crippen LogP contribution in [0.1, 0.15) is 18.4 Å². The molecule has 0 spiro atoms. The molecule has 8 heteroatoms. The molecule has 32 heavy (non-hydrogen) atoms. The van der Waals surface area contributed by atoms with Crippen LogP contribution < -0.4 is 5.32 Å². The summed E-state index contributed by atoms with van der Waals surface area (Å²) in [6.45, 7) is 2.50. The van der Waals surface area contributed by atoms with Crippen molar-refractivity contribution in [3.05, 3.63) is 77.4 Å². The van der Waals surface area contributed by atoms with Crippen LogP contribution in [0.15, 0.2) is 48.5 Å². The van der Waals surface area contributed by atoms with Crippen LogP contribution in [0.4, 0.5) is 23.4 Å². The molecular formula is C24H22F4N4. The van der Waals surface area contributed by atoms with Crippen LogP contribution >= 0.6 is 0 Å². The molecular weight excluding hydrogens is 420 g/mol. The fourth-order valence-electron chi connectivity index (χ4n) is 5.02. The molecule has 0 bridgehead atoms. The van der Waals surface area contributed by atoms with E-state index in [9.17, 15) is 17.6 Å². The van der Waals surface area contributed by atoms with Crippen LogP contribution in [0.2, 0.25) is 0 Å². The number of fused-ring (bicyclic) bond motifs is 1. The van der Waals surface area contributed by atoms with Gasteiger partial charge in [0.2, 0.25) is 0 Å². The highest BCUT2D eigenvalue weighted by atomic mass is 19.2. The lowest BCUT2D eigenvalue weighted by molar-refractivity contribution is 0.296. The standard InChI is InChI=1S/C24H22F4N4/c25-17-9-19(24(28)21(27)10-17)22-5-6-23(31-30-22)29-18-7-15-12-32(13-16(15)8-18)11-14-3-1-2-4-20(14)26/h1-6,9-10,15-16,18H,7-8,11-13H2,(H,29,31)/t15-,16+,18+. The van der Waals surface area contributed by atoms with Gasteiger partial charge >= 0.3 is 0 Å². The molecule has 3 atom stereocenters. The molecule has 1 aliphatic heterocycles. The van der Waals surface area contributed by atoms with E-state index in [4.69, 9.17) is 0 Å². The Labute approximate surface area is 183 Å². The van der Waals surface area contributed by atoms with Crippen molar-refractivity contribution >= 4 is 5.82 Å². The number of nitrogens with zero attached hydrogens (tertiary/aromatic N) is 3. The van der Waals surface area contributed by atoms with Gasteiger partial charge in [-0.3, -0.25) is 4.90 Å². The Bertz CT molecular complexity index is 1110. The van der Waals surface area contributed by atoms with Gasteiger partial charge in [-0.05, 0) is 48.9 Å². The number of benzene rings is 2. The van der Waals surface area contributed by atoms with Crippen molar-refractivity contribution in [2.24, 2.45) is 11.8 Å². The third-order valence-corrected chi connectivity index (χ3v) is 6.46. The van der Waals surface area contributed by atoms with E-state index in [1.165, 1.54) is 12.1 Å². The van der Waals surface area contributed by atoms with Crippen molar-refractivity contribution in [2.75, 3.05) is 18.4 Å². The SMILES string of the molecule is Fc1cc(F)c(F)c(-c2ccc(N[C@H]3C[C@@H]4CN(Cc5ccccc5F)C[C@@H]4C3)nn2)c1. The summed E-state index contributed by atoms with van der Waals surface area (Å²) in [4.78, 5) is 2.31. The Kier molecular flexibility index (Phi) is 5.55. The maximum Gasteiger partial charge on any atom is 0.168 e. The third-order valence-electron chi connectivity index (χ3n) is 6.46. The normalized spacial score (nSPS) is 22.8. The summed E-state index contributed by atoms with van der Waals surface area (Å²) in [5, 5.41) is 11.4. The summed E-state index contributed by atoms with van der Waals surface area (Å²) < 4.78 is 54.8. The van der Waals surface area contributed by atoms with Crippen LogP contribution in [0.5, 0.6) is 0 Å². The molecule has 4 nitrogen and oxygen atoms in total. The van der Waals surface area contributed by atoms with E-state index in [0.29, 0.717) is 30.3 Å². The predicted octanol–water partition coefficient (Wildman–Crippen LogP) is 5.02. The van der Waals surface area contributed by atoms with Crippen molar-refractivity contribution in [3.63, 3.8) is 0 Å². The van der Waals surface area contributed by atoms with Crippen LogP contribution in [0.25, 0.3) is 11.3 Å². The quantitative estimate of drug-likeness (QED) is 0.445. The van der Waals surface area contributed by atoms with Gasteiger partial charge in [0.25, 0.3) is 0 Å².